The molecule has 0 bridgehead atoms. The van der Waals surface area contributed by atoms with Gasteiger partial charge in [0, 0.05) is 17.6 Å². The van der Waals surface area contributed by atoms with Gasteiger partial charge in [0.15, 0.2) is 0 Å². The molecule has 0 fully saturated rings. The largest absolute Gasteiger partial charge is 0.362 e. The average molecular weight is 254 g/mol. The standard InChI is InChI=1S/C15H14N2S/c18-15(17-14-9-5-2-6-10-14)11-12-16-13-7-3-1-4-8-13/h1-12,16H,(H,17,18). The lowest BCUT2D eigenvalue weighted by atomic mass is 10.3. The van der Waals surface area contributed by atoms with Crippen LogP contribution in [0.15, 0.2) is 72.9 Å². The Kier molecular flexibility index (Phi) is 4.50. The van der Waals surface area contributed by atoms with E-state index in [-0.39, 0.29) is 0 Å². The van der Waals surface area contributed by atoms with E-state index in [9.17, 15) is 0 Å². The molecule has 0 radical (unpaired) electrons. The van der Waals surface area contributed by atoms with Crippen LogP contribution in [0.25, 0.3) is 0 Å². The second-order valence-corrected chi connectivity index (χ2v) is 4.14. The van der Waals surface area contributed by atoms with E-state index < -0.39 is 0 Å². The van der Waals surface area contributed by atoms with E-state index in [0.29, 0.717) is 4.99 Å². The molecule has 2 N–H and O–H groups in total. The number of anilines is 2. The van der Waals surface area contributed by atoms with Gasteiger partial charge in [-0.05, 0) is 30.3 Å². The molecule has 0 saturated heterocycles. The van der Waals surface area contributed by atoms with E-state index >= 15 is 0 Å². The summed E-state index contributed by atoms with van der Waals surface area (Å²) in [5.41, 5.74) is 2.03. The second kappa shape index (κ2) is 6.57. The minimum Gasteiger partial charge on any atom is -0.362 e. The van der Waals surface area contributed by atoms with Crippen LogP contribution in [-0.4, -0.2) is 4.99 Å². The molecule has 0 aliphatic carbocycles. The molecule has 18 heavy (non-hydrogen) atoms. The molecule has 0 aliphatic heterocycles. The molecule has 0 amide bonds. The molecule has 2 nitrogen and oxygen atoms in total. The van der Waals surface area contributed by atoms with Crippen molar-refractivity contribution in [3.8, 4) is 0 Å². The van der Waals surface area contributed by atoms with Gasteiger partial charge in [0.1, 0.15) is 4.99 Å². The predicted octanol–water partition coefficient (Wildman–Crippen LogP) is 4.05. The van der Waals surface area contributed by atoms with Crippen molar-refractivity contribution in [3.05, 3.63) is 72.9 Å². The summed E-state index contributed by atoms with van der Waals surface area (Å²) in [6.45, 7) is 0. The molecule has 2 aromatic rings. The van der Waals surface area contributed by atoms with Gasteiger partial charge in [0.25, 0.3) is 0 Å². The number of para-hydroxylation sites is 2. The van der Waals surface area contributed by atoms with Gasteiger partial charge in [-0.1, -0.05) is 48.6 Å². The number of hydrogen-bond acceptors (Lipinski definition) is 2. The van der Waals surface area contributed by atoms with Crippen LogP contribution >= 0.6 is 12.2 Å². The highest BCUT2D eigenvalue weighted by Crippen LogP contribution is 2.06. The van der Waals surface area contributed by atoms with E-state index in [2.05, 4.69) is 10.6 Å². The second-order valence-electron chi connectivity index (χ2n) is 3.70. The summed E-state index contributed by atoms with van der Waals surface area (Å²) in [5, 5.41) is 6.29. The molecular weight excluding hydrogens is 240 g/mol. The Labute approximate surface area is 112 Å². The zero-order valence-electron chi connectivity index (χ0n) is 9.84. The van der Waals surface area contributed by atoms with Crippen molar-refractivity contribution in [2.75, 3.05) is 10.6 Å². The summed E-state index contributed by atoms with van der Waals surface area (Å²) in [7, 11) is 0. The highest BCUT2D eigenvalue weighted by Gasteiger charge is 1.91. The maximum Gasteiger partial charge on any atom is 0.105 e. The summed E-state index contributed by atoms with van der Waals surface area (Å²) in [4.78, 5) is 0.671. The van der Waals surface area contributed by atoms with Gasteiger partial charge in [-0.25, -0.2) is 0 Å². The number of benzene rings is 2. The van der Waals surface area contributed by atoms with Crippen LogP contribution in [0.4, 0.5) is 11.4 Å². The molecule has 0 aliphatic rings. The van der Waals surface area contributed by atoms with Crippen molar-refractivity contribution in [1.29, 1.82) is 0 Å². The minimum absolute atomic E-state index is 0.671. The van der Waals surface area contributed by atoms with Gasteiger partial charge in [0.2, 0.25) is 0 Å². The van der Waals surface area contributed by atoms with Gasteiger partial charge in [0.05, 0.1) is 0 Å². The third-order valence-corrected chi connectivity index (χ3v) is 2.54. The summed E-state index contributed by atoms with van der Waals surface area (Å²) in [5.74, 6) is 0. The van der Waals surface area contributed by atoms with Crippen LogP contribution in [0.5, 0.6) is 0 Å². The van der Waals surface area contributed by atoms with Gasteiger partial charge in [-0.15, -0.1) is 0 Å². The van der Waals surface area contributed by atoms with Crippen molar-refractivity contribution in [2.24, 2.45) is 0 Å². The Morgan fingerprint density at radius 3 is 2.00 bits per heavy atom. The summed E-state index contributed by atoms with van der Waals surface area (Å²) < 4.78 is 0. The third-order valence-electron chi connectivity index (χ3n) is 2.30. The molecule has 0 spiro atoms. The Morgan fingerprint density at radius 2 is 1.39 bits per heavy atom. The fourth-order valence-corrected chi connectivity index (χ4v) is 1.64. The SMILES string of the molecule is S=C(C=CNc1ccccc1)Nc1ccccc1. The van der Waals surface area contributed by atoms with Crippen LogP contribution in [0.3, 0.4) is 0 Å². The maximum atomic E-state index is 5.21. The lowest BCUT2D eigenvalue weighted by molar-refractivity contribution is 1.58. The van der Waals surface area contributed by atoms with Crippen LogP contribution < -0.4 is 10.6 Å². The Morgan fingerprint density at radius 1 is 0.833 bits per heavy atom. The molecule has 0 heterocycles. The molecule has 0 aromatic heterocycles. The van der Waals surface area contributed by atoms with E-state index in [1.165, 1.54) is 0 Å². The monoisotopic (exact) mass is 254 g/mol. The fourth-order valence-electron chi connectivity index (χ4n) is 1.45. The summed E-state index contributed by atoms with van der Waals surface area (Å²) in [6, 6.07) is 19.8. The average Bonchev–Trinajstić information content (AvgIpc) is 2.41. The first-order valence-corrected chi connectivity index (χ1v) is 6.09. The van der Waals surface area contributed by atoms with Gasteiger partial charge in [-0.3, -0.25) is 0 Å². The number of hydrogen-bond donors (Lipinski definition) is 2. The molecule has 3 heteroatoms. The van der Waals surface area contributed by atoms with Crippen molar-refractivity contribution < 1.29 is 0 Å². The molecule has 2 rings (SSSR count). The lowest BCUT2D eigenvalue weighted by Crippen LogP contribution is -2.05. The highest BCUT2D eigenvalue weighted by molar-refractivity contribution is 7.81. The van der Waals surface area contributed by atoms with Gasteiger partial charge >= 0.3 is 0 Å². The van der Waals surface area contributed by atoms with Crippen molar-refractivity contribution in [2.45, 2.75) is 0 Å². The molecule has 0 unspecified atom stereocenters. The van der Waals surface area contributed by atoms with Gasteiger partial charge in [-0.2, -0.15) is 0 Å². The van der Waals surface area contributed by atoms with E-state index in [0.717, 1.165) is 11.4 Å². The fraction of sp³-hybridized carbons (Fsp3) is 0. The van der Waals surface area contributed by atoms with E-state index in [1.54, 1.807) is 0 Å². The van der Waals surface area contributed by atoms with Gasteiger partial charge < -0.3 is 10.6 Å². The van der Waals surface area contributed by atoms with Crippen molar-refractivity contribution >= 4 is 28.6 Å². The molecule has 0 atom stereocenters. The lowest BCUT2D eigenvalue weighted by Gasteiger charge is -2.04. The number of thiocarbonyl (C=S) groups is 1. The number of rotatable bonds is 4. The Bertz CT molecular complexity index is 521. The van der Waals surface area contributed by atoms with Crippen molar-refractivity contribution in [3.63, 3.8) is 0 Å². The van der Waals surface area contributed by atoms with E-state index in [4.69, 9.17) is 12.2 Å². The first kappa shape index (κ1) is 12.3. The smallest absolute Gasteiger partial charge is 0.105 e. The Hall–Kier alpha value is -2.13. The Balaban J connectivity index is 1.85. The number of nitrogens with one attached hydrogen (secondary N) is 2. The van der Waals surface area contributed by atoms with Crippen LogP contribution in [0.1, 0.15) is 0 Å². The first-order chi connectivity index (χ1) is 8.84. The molecule has 90 valence electrons. The molecule has 2 aromatic carbocycles. The molecule has 0 saturated carbocycles. The van der Waals surface area contributed by atoms with E-state index in [1.807, 2.05) is 72.9 Å². The zero-order chi connectivity index (χ0) is 12.6. The zero-order valence-corrected chi connectivity index (χ0v) is 10.7. The molecular formula is C15H14N2S. The van der Waals surface area contributed by atoms with Crippen LogP contribution in [0, 0.1) is 0 Å². The summed E-state index contributed by atoms with van der Waals surface area (Å²) >= 11 is 5.21. The minimum atomic E-state index is 0.671. The normalized spacial score (nSPS) is 10.2. The third kappa shape index (κ3) is 4.03. The summed E-state index contributed by atoms with van der Waals surface area (Å²) in [6.07, 6.45) is 3.66. The topological polar surface area (TPSA) is 24.1 Å². The first-order valence-electron chi connectivity index (χ1n) is 5.69. The van der Waals surface area contributed by atoms with Crippen LogP contribution in [-0.2, 0) is 0 Å². The van der Waals surface area contributed by atoms with Crippen molar-refractivity contribution in [1.82, 2.24) is 0 Å². The van der Waals surface area contributed by atoms with Crippen LogP contribution in [0.2, 0.25) is 0 Å². The maximum absolute atomic E-state index is 5.21. The predicted molar refractivity (Wildman–Crippen MR) is 81.9 cm³/mol. The quantitative estimate of drug-likeness (QED) is 0.635. The highest BCUT2D eigenvalue weighted by atomic mass is 32.1.